The molecule has 0 amide bonds. The lowest BCUT2D eigenvalue weighted by atomic mass is 10.2. The predicted octanol–water partition coefficient (Wildman–Crippen LogP) is 4.03. The highest BCUT2D eigenvalue weighted by Gasteiger charge is 2.14. The highest BCUT2D eigenvalue weighted by molar-refractivity contribution is 5.63. The van der Waals surface area contributed by atoms with Gasteiger partial charge in [0.1, 0.15) is 11.4 Å². The van der Waals surface area contributed by atoms with E-state index in [1.165, 1.54) is 12.1 Å². The van der Waals surface area contributed by atoms with E-state index in [2.05, 4.69) is 10.6 Å². The van der Waals surface area contributed by atoms with Crippen molar-refractivity contribution in [3.63, 3.8) is 0 Å². The fourth-order valence-corrected chi connectivity index (χ4v) is 2.42. The van der Waals surface area contributed by atoms with Crippen LogP contribution in [0.2, 0.25) is 0 Å². The van der Waals surface area contributed by atoms with E-state index in [1.54, 1.807) is 26.0 Å². The van der Waals surface area contributed by atoms with E-state index in [0.29, 0.717) is 30.9 Å². The molecule has 8 heteroatoms. The molecular weight excluding hydrogens is 324 g/mol. The zero-order chi connectivity index (χ0) is 18.4. The van der Waals surface area contributed by atoms with Gasteiger partial charge in [-0.05, 0) is 43.5 Å². The molecule has 0 fully saturated rings. The summed E-state index contributed by atoms with van der Waals surface area (Å²) >= 11 is 0. The molecule has 0 unspecified atom stereocenters. The Balaban J connectivity index is 1.89. The lowest BCUT2D eigenvalue weighted by Crippen LogP contribution is -2.11. The van der Waals surface area contributed by atoms with Gasteiger partial charge in [0.25, 0.3) is 11.4 Å². The Kier molecular flexibility index (Phi) is 5.89. The number of hydrogen-bond acceptors (Lipinski definition) is 6. The second-order valence-electron chi connectivity index (χ2n) is 5.76. The van der Waals surface area contributed by atoms with Crippen molar-refractivity contribution in [2.45, 2.75) is 20.3 Å². The van der Waals surface area contributed by atoms with Crippen molar-refractivity contribution in [3.8, 4) is 0 Å². The molecule has 0 aliphatic heterocycles. The average Bonchev–Trinajstić information content (AvgIpc) is 2.56. The number of nitrogens with zero attached hydrogens (tertiary/aromatic N) is 2. The van der Waals surface area contributed by atoms with Gasteiger partial charge in [0.2, 0.25) is 0 Å². The molecule has 0 aliphatic rings. The average molecular weight is 344 g/mol. The molecule has 132 valence electrons. The topological polar surface area (TPSA) is 110 Å². The molecule has 8 nitrogen and oxygen atoms in total. The van der Waals surface area contributed by atoms with E-state index in [-0.39, 0.29) is 11.4 Å². The zero-order valence-electron chi connectivity index (χ0n) is 14.1. The summed E-state index contributed by atoms with van der Waals surface area (Å²) < 4.78 is 0. The summed E-state index contributed by atoms with van der Waals surface area (Å²) in [5.41, 5.74) is 2.68. The highest BCUT2D eigenvalue weighted by atomic mass is 16.6. The Bertz CT molecular complexity index is 727. The van der Waals surface area contributed by atoms with Crippen LogP contribution < -0.4 is 10.6 Å². The maximum Gasteiger partial charge on any atom is 0.292 e. The Morgan fingerprint density at radius 3 is 1.56 bits per heavy atom. The maximum atomic E-state index is 11.1. The first-order valence-corrected chi connectivity index (χ1v) is 7.86. The first kappa shape index (κ1) is 18.2. The molecule has 0 saturated carbocycles. The molecule has 0 saturated heterocycles. The largest absolute Gasteiger partial charge is 0.379 e. The summed E-state index contributed by atoms with van der Waals surface area (Å²) in [7, 11) is 0. The van der Waals surface area contributed by atoms with E-state index >= 15 is 0 Å². The van der Waals surface area contributed by atoms with E-state index in [0.717, 1.165) is 11.1 Å². The Morgan fingerprint density at radius 2 is 1.20 bits per heavy atom. The molecule has 0 bridgehead atoms. The van der Waals surface area contributed by atoms with Crippen molar-refractivity contribution < 1.29 is 9.85 Å². The predicted molar refractivity (Wildman–Crippen MR) is 97.3 cm³/mol. The van der Waals surface area contributed by atoms with Crippen LogP contribution in [0.1, 0.15) is 17.5 Å². The lowest BCUT2D eigenvalue weighted by molar-refractivity contribution is -0.384. The number of anilines is 2. The van der Waals surface area contributed by atoms with Gasteiger partial charge in [-0.2, -0.15) is 0 Å². The summed E-state index contributed by atoms with van der Waals surface area (Å²) in [5.74, 6) is 0. The first-order chi connectivity index (χ1) is 11.9. The minimum atomic E-state index is -0.413. The standard InChI is InChI=1S/C17H20N4O4/c1-12-4-6-14(16(10-12)20(22)23)18-8-3-9-19-15-7-5-13(2)11-17(15)21(24)25/h4-7,10-11,18-19H,3,8-9H2,1-2H3. The van der Waals surface area contributed by atoms with Gasteiger partial charge in [-0.25, -0.2) is 0 Å². The normalized spacial score (nSPS) is 10.3. The molecule has 0 radical (unpaired) electrons. The van der Waals surface area contributed by atoms with Crippen molar-refractivity contribution >= 4 is 22.7 Å². The van der Waals surface area contributed by atoms with Crippen molar-refractivity contribution in [3.05, 3.63) is 67.8 Å². The fourth-order valence-electron chi connectivity index (χ4n) is 2.42. The third-order valence-corrected chi connectivity index (χ3v) is 3.68. The number of nitro benzene ring substituents is 2. The number of hydrogen-bond donors (Lipinski definition) is 2. The van der Waals surface area contributed by atoms with Crippen molar-refractivity contribution in [1.82, 2.24) is 0 Å². The molecule has 0 aliphatic carbocycles. The van der Waals surface area contributed by atoms with Gasteiger partial charge in [-0.1, -0.05) is 12.1 Å². The highest BCUT2D eigenvalue weighted by Crippen LogP contribution is 2.26. The minimum Gasteiger partial charge on any atom is -0.379 e. The summed E-state index contributed by atoms with van der Waals surface area (Å²) in [6, 6.07) is 10.0. The molecule has 2 aromatic carbocycles. The number of rotatable bonds is 8. The van der Waals surface area contributed by atoms with E-state index in [9.17, 15) is 20.2 Å². The Labute approximate surface area is 145 Å². The van der Waals surface area contributed by atoms with Crippen LogP contribution in [0, 0.1) is 34.1 Å². The Hall–Kier alpha value is -3.16. The number of benzene rings is 2. The van der Waals surface area contributed by atoms with Gasteiger partial charge in [0.15, 0.2) is 0 Å². The van der Waals surface area contributed by atoms with Crippen LogP contribution in [0.25, 0.3) is 0 Å². The first-order valence-electron chi connectivity index (χ1n) is 7.86. The summed E-state index contributed by atoms with van der Waals surface area (Å²) in [6.07, 6.45) is 0.649. The van der Waals surface area contributed by atoms with Gasteiger partial charge in [-0.3, -0.25) is 20.2 Å². The van der Waals surface area contributed by atoms with Crippen LogP contribution in [-0.2, 0) is 0 Å². The number of nitrogens with one attached hydrogen (secondary N) is 2. The molecule has 0 aromatic heterocycles. The van der Waals surface area contributed by atoms with Crippen LogP contribution in [0.3, 0.4) is 0 Å². The van der Waals surface area contributed by atoms with Gasteiger partial charge in [-0.15, -0.1) is 0 Å². The minimum absolute atomic E-state index is 0.0436. The summed E-state index contributed by atoms with van der Waals surface area (Å²) in [5, 5.41) is 28.2. The lowest BCUT2D eigenvalue weighted by Gasteiger charge is -2.10. The number of aryl methyl sites for hydroxylation is 2. The van der Waals surface area contributed by atoms with Crippen LogP contribution in [0.5, 0.6) is 0 Å². The van der Waals surface area contributed by atoms with Gasteiger partial charge in [0, 0.05) is 25.2 Å². The second kappa shape index (κ2) is 8.09. The molecule has 0 heterocycles. The molecular formula is C17H20N4O4. The molecule has 2 rings (SSSR count). The van der Waals surface area contributed by atoms with E-state index in [4.69, 9.17) is 0 Å². The quantitative estimate of drug-likeness (QED) is 0.425. The van der Waals surface area contributed by atoms with Crippen LogP contribution in [0.4, 0.5) is 22.7 Å². The van der Waals surface area contributed by atoms with Crippen molar-refractivity contribution in [2.24, 2.45) is 0 Å². The molecule has 2 N–H and O–H groups in total. The van der Waals surface area contributed by atoms with Crippen LogP contribution >= 0.6 is 0 Å². The van der Waals surface area contributed by atoms with Gasteiger partial charge in [0.05, 0.1) is 9.85 Å². The molecule has 25 heavy (non-hydrogen) atoms. The summed E-state index contributed by atoms with van der Waals surface area (Å²) in [6.45, 7) is 4.62. The third kappa shape index (κ3) is 4.90. The number of nitro groups is 2. The molecule has 2 aromatic rings. The van der Waals surface area contributed by atoms with Gasteiger partial charge >= 0.3 is 0 Å². The molecule has 0 spiro atoms. The monoisotopic (exact) mass is 344 g/mol. The Morgan fingerprint density at radius 1 is 0.800 bits per heavy atom. The smallest absolute Gasteiger partial charge is 0.292 e. The van der Waals surface area contributed by atoms with Crippen molar-refractivity contribution in [2.75, 3.05) is 23.7 Å². The van der Waals surface area contributed by atoms with E-state index in [1.807, 2.05) is 12.1 Å². The maximum absolute atomic E-state index is 11.1. The van der Waals surface area contributed by atoms with E-state index < -0.39 is 9.85 Å². The molecule has 0 atom stereocenters. The zero-order valence-corrected chi connectivity index (χ0v) is 14.1. The third-order valence-electron chi connectivity index (χ3n) is 3.68. The van der Waals surface area contributed by atoms with Gasteiger partial charge < -0.3 is 10.6 Å². The van der Waals surface area contributed by atoms with Crippen molar-refractivity contribution in [1.29, 1.82) is 0 Å². The van der Waals surface area contributed by atoms with Crippen LogP contribution in [-0.4, -0.2) is 22.9 Å². The SMILES string of the molecule is Cc1ccc(NCCCNc2ccc(C)cc2[N+](=O)[O-])c([N+](=O)[O-])c1. The summed E-state index contributed by atoms with van der Waals surface area (Å²) in [4.78, 5) is 21.3. The second-order valence-corrected chi connectivity index (χ2v) is 5.76. The van der Waals surface area contributed by atoms with Crippen LogP contribution in [0.15, 0.2) is 36.4 Å². The fraction of sp³-hybridized carbons (Fsp3) is 0.294.